The van der Waals surface area contributed by atoms with Crippen molar-refractivity contribution >= 4 is 0 Å². The summed E-state index contributed by atoms with van der Waals surface area (Å²) in [6.45, 7) is 0.950. The smallest absolute Gasteiger partial charge is 0.108 e. The minimum Gasteiger partial charge on any atom is -0.381 e. The van der Waals surface area contributed by atoms with Gasteiger partial charge in [0.05, 0.1) is 0 Å². The van der Waals surface area contributed by atoms with Crippen molar-refractivity contribution in [2.75, 3.05) is 20.6 Å². The molecule has 1 N–H and O–H groups in total. The van der Waals surface area contributed by atoms with Crippen LogP contribution >= 0.6 is 0 Å². The molecule has 0 aromatic heterocycles. The Hall–Kier alpha value is -0.600. The molecule has 108 valence electrons. The van der Waals surface area contributed by atoms with Crippen molar-refractivity contribution < 1.29 is 5.11 Å². The number of aliphatic hydroxyl groups is 1. The molecule has 2 nitrogen and oxygen atoms in total. The van der Waals surface area contributed by atoms with E-state index in [1.807, 2.05) is 0 Å². The molecule has 2 aliphatic rings. The fourth-order valence-corrected chi connectivity index (χ4v) is 3.34. The van der Waals surface area contributed by atoms with Gasteiger partial charge in [0.25, 0.3) is 0 Å². The molecular weight excluding hydrogens is 234 g/mol. The SMILES string of the molecule is CN(C)CCC(O)(C1=CCCCC1)C1=CCCCC1. The van der Waals surface area contributed by atoms with Crippen LogP contribution in [0.25, 0.3) is 0 Å². The first-order valence-corrected chi connectivity index (χ1v) is 7.89. The molecule has 0 aromatic carbocycles. The lowest BCUT2D eigenvalue weighted by Crippen LogP contribution is -2.38. The first-order chi connectivity index (χ1) is 9.13. The summed E-state index contributed by atoms with van der Waals surface area (Å²) in [4.78, 5) is 2.18. The fraction of sp³-hybridized carbons (Fsp3) is 0.765. The molecule has 0 saturated heterocycles. The van der Waals surface area contributed by atoms with Crippen molar-refractivity contribution in [3.05, 3.63) is 23.3 Å². The van der Waals surface area contributed by atoms with Crippen LogP contribution < -0.4 is 0 Å². The van der Waals surface area contributed by atoms with E-state index in [0.717, 1.165) is 38.6 Å². The number of nitrogens with zero attached hydrogens (tertiary/aromatic N) is 1. The van der Waals surface area contributed by atoms with E-state index in [1.165, 1.54) is 36.8 Å². The highest BCUT2D eigenvalue weighted by molar-refractivity contribution is 5.34. The molecule has 0 saturated carbocycles. The van der Waals surface area contributed by atoms with Crippen LogP contribution in [0.3, 0.4) is 0 Å². The number of hydrogen-bond acceptors (Lipinski definition) is 2. The van der Waals surface area contributed by atoms with Crippen molar-refractivity contribution in [1.82, 2.24) is 4.90 Å². The minimum absolute atomic E-state index is 0.648. The Kier molecular flexibility index (Phi) is 5.23. The lowest BCUT2D eigenvalue weighted by Gasteiger charge is -2.37. The van der Waals surface area contributed by atoms with E-state index in [1.54, 1.807) is 0 Å². The summed E-state index contributed by atoms with van der Waals surface area (Å²) >= 11 is 0. The number of allylic oxidation sites excluding steroid dienone is 2. The van der Waals surface area contributed by atoms with Gasteiger partial charge in [-0.05, 0) is 83.0 Å². The van der Waals surface area contributed by atoms with Crippen molar-refractivity contribution in [1.29, 1.82) is 0 Å². The van der Waals surface area contributed by atoms with Crippen LogP contribution in [0.1, 0.15) is 57.8 Å². The van der Waals surface area contributed by atoms with Gasteiger partial charge in [-0.15, -0.1) is 0 Å². The third-order valence-electron chi connectivity index (χ3n) is 4.57. The third kappa shape index (κ3) is 3.70. The molecule has 0 radical (unpaired) electrons. The van der Waals surface area contributed by atoms with E-state index in [0.29, 0.717) is 0 Å². The van der Waals surface area contributed by atoms with Gasteiger partial charge < -0.3 is 10.0 Å². The quantitative estimate of drug-likeness (QED) is 0.765. The van der Waals surface area contributed by atoms with Crippen LogP contribution in [-0.2, 0) is 0 Å². The second-order valence-electron chi connectivity index (χ2n) is 6.36. The van der Waals surface area contributed by atoms with E-state index < -0.39 is 5.60 Å². The van der Waals surface area contributed by atoms with Crippen LogP contribution in [0.15, 0.2) is 23.3 Å². The fourth-order valence-electron chi connectivity index (χ4n) is 3.34. The molecule has 0 aliphatic heterocycles. The summed E-state index contributed by atoms with van der Waals surface area (Å²) in [7, 11) is 4.18. The predicted octanol–water partition coefficient (Wildman–Crippen LogP) is 3.67. The number of hydrogen-bond donors (Lipinski definition) is 1. The van der Waals surface area contributed by atoms with Gasteiger partial charge >= 0.3 is 0 Å². The van der Waals surface area contributed by atoms with Crippen LogP contribution in [0.4, 0.5) is 0 Å². The Balaban J connectivity index is 2.20. The van der Waals surface area contributed by atoms with Crippen LogP contribution in [-0.4, -0.2) is 36.2 Å². The number of rotatable bonds is 5. The molecule has 0 bridgehead atoms. The Morgan fingerprint density at radius 1 is 1.00 bits per heavy atom. The van der Waals surface area contributed by atoms with Gasteiger partial charge in [0, 0.05) is 6.54 Å². The predicted molar refractivity (Wildman–Crippen MR) is 81.2 cm³/mol. The Bertz CT molecular complexity index is 328. The van der Waals surface area contributed by atoms with Crippen molar-refractivity contribution in [2.45, 2.75) is 63.4 Å². The lowest BCUT2D eigenvalue weighted by molar-refractivity contribution is 0.0866. The summed E-state index contributed by atoms with van der Waals surface area (Å²) < 4.78 is 0. The van der Waals surface area contributed by atoms with Crippen molar-refractivity contribution in [3.63, 3.8) is 0 Å². The Morgan fingerprint density at radius 2 is 1.53 bits per heavy atom. The lowest BCUT2D eigenvalue weighted by atomic mass is 9.75. The molecule has 0 unspecified atom stereocenters. The molecular formula is C17H29NO. The van der Waals surface area contributed by atoms with Crippen LogP contribution in [0, 0.1) is 0 Å². The highest BCUT2D eigenvalue weighted by atomic mass is 16.3. The van der Waals surface area contributed by atoms with Gasteiger partial charge in [0.2, 0.25) is 0 Å². The maximum atomic E-state index is 11.3. The average molecular weight is 263 g/mol. The Morgan fingerprint density at radius 3 is 1.89 bits per heavy atom. The van der Waals surface area contributed by atoms with Crippen LogP contribution in [0.5, 0.6) is 0 Å². The van der Waals surface area contributed by atoms with Gasteiger partial charge in [-0.2, -0.15) is 0 Å². The van der Waals surface area contributed by atoms with Gasteiger partial charge in [-0.3, -0.25) is 0 Å². The highest BCUT2D eigenvalue weighted by Crippen LogP contribution is 2.39. The topological polar surface area (TPSA) is 23.5 Å². The molecule has 0 spiro atoms. The first kappa shape index (κ1) is 14.8. The molecule has 0 atom stereocenters. The van der Waals surface area contributed by atoms with Gasteiger partial charge in [0.1, 0.15) is 5.60 Å². The molecule has 0 heterocycles. The normalized spacial score (nSPS) is 21.3. The zero-order chi connectivity index (χ0) is 13.7. The summed E-state index contributed by atoms with van der Waals surface area (Å²) in [6, 6.07) is 0. The van der Waals surface area contributed by atoms with Crippen molar-refractivity contribution in [2.24, 2.45) is 0 Å². The van der Waals surface area contributed by atoms with Gasteiger partial charge in [0.15, 0.2) is 0 Å². The zero-order valence-electron chi connectivity index (χ0n) is 12.6. The average Bonchev–Trinajstić information content (AvgIpc) is 2.46. The highest BCUT2D eigenvalue weighted by Gasteiger charge is 2.35. The summed E-state index contributed by atoms with van der Waals surface area (Å²) in [5, 5.41) is 11.3. The summed E-state index contributed by atoms with van der Waals surface area (Å²) in [5.41, 5.74) is 1.95. The standard InChI is InChI=1S/C17H29NO/c1-18(2)14-13-17(19,15-9-5-3-6-10-15)16-11-7-4-8-12-16/h9,11,19H,3-8,10,12-14H2,1-2H3. The maximum absolute atomic E-state index is 11.3. The molecule has 2 aliphatic carbocycles. The molecule has 19 heavy (non-hydrogen) atoms. The molecule has 2 rings (SSSR count). The van der Waals surface area contributed by atoms with E-state index in [4.69, 9.17) is 0 Å². The molecule has 0 fully saturated rings. The third-order valence-corrected chi connectivity index (χ3v) is 4.57. The zero-order valence-corrected chi connectivity index (χ0v) is 12.6. The maximum Gasteiger partial charge on any atom is 0.108 e. The van der Waals surface area contributed by atoms with E-state index in [-0.39, 0.29) is 0 Å². The summed E-state index contributed by atoms with van der Waals surface area (Å²) in [5.74, 6) is 0. The minimum atomic E-state index is -0.648. The monoisotopic (exact) mass is 263 g/mol. The molecule has 2 heteroatoms. The molecule has 0 amide bonds. The second kappa shape index (κ2) is 6.71. The summed E-state index contributed by atoms with van der Waals surface area (Å²) in [6.07, 6.45) is 15.0. The first-order valence-electron chi connectivity index (χ1n) is 7.89. The van der Waals surface area contributed by atoms with Crippen molar-refractivity contribution in [3.8, 4) is 0 Å². The Labute approximate surface area is 118 Å². The van der Waals surface area contributed by atoms with E-state index >= 15 is 0 Å². The molecule has 0 aromatic rings. The second-order valence-corrected chi connectivity index (χ2v) is 6.36. The largest absolute Gasteiger partial charge is 0.381 e. The van der Waals surface area contributed by atoms with Crippen LogP contribution in [0.2, 0.25) is 0 Å². The van der Waals surface area contributed by atoms with E-state index in [2.05, 4.69) is 31.1 Å². The van der Waals surface area contributed by atoms with E-state index in [9.17, 15) is 5.11 Å². The van der Waals surface area contributed by atoms with Gasteiger partial charge in [-0.1, -0.05) is 12.2 Å². The van der Waals surface area contributed by atoms with Gasteiger partial charge in [-0.25, -0.2) is 0 Å².